The van der Waals surface area contributed by atoms with Crippen molar-refractivity contribution in [2.24, 2.45) is 0 Å². The molecule has 0 fully saturated rings. The zero-order valence-electron chi connectivity index (χ0n) is 13.0. The number of nitrogens with zero attached hydrogens (tertiary/aromatic N) is 2. The molecule has 8 heteroatoms. The standard InChI is InChI=1S/C15H17N3O3S2/c1-9-8-22-15(16-9)17-14(19)11-4-5-13-12(7-11)6-10(2)18(13)23(3,20)21/h4-5,7-8,10H,6H2,1-3H3,(H,16,17,19). The number of carbonyl (C=O) groups is 1. The van der Waals surface area contributed by atoms with Crippen LogP contribution in [-0.4, -0.2) is 31.6 Å². The van der Waals surface area contributed by atoms with E-state index in [2.05, 4.69) is 10.3 Å². The Bertz CT molecular complexity index is 874. The maximum absolute atomic E-state index is 12.3. The molecule has 1 aliphatic rings. The van der Waals surface area contributed by atoms with Gasteiger partial charge in [-0.3, -0.25) is 14.4 Å². The van der Waals surface area contributed by atoms with Gasteiger partial charge in [0.15, 0.2) is 5.13 Å². The largest absolute Gasteiger partial charge is 0.298 e. The predicted octanol–water partition coefficient (Wildman–Crippen LogP) is 2.41. The van der Waals surface area contributed by atoms with Crippen molar-refractivity contribution in [2.45, 2.75) is 26.3 Å². The number of hydrogen-bond acceptors (Lipinski definition) is 5. The van der Waals surface area contributed by atoms with E-state index in [0.29, 0.717) is 22.8 Å². The number of fused-ring (bicyclic) bond motifs is 1. The Balaban J connectivity index is 1.88. The molecular formula is C15H17N3O3S2. The van der Waals surface area contributed by atoms with Crippen LogP contribution >= 0.6 is 11.3 Å². The minimum absolute atomic E-state index is 0.139. The summed E-state index contributed by atoms with van der Waals surface area (Å²) in [4.78, 5) is 16.5. The van der Waals surface area contributed by atoms with Gasteiger partial charge in [-0.15, -0.1) is 11.3 Å². The molecule has 0 aliphatic carbocycles. The van der Waals surface area contributed by atoms with Crippen molar-refractivity contribution in [3.63, 3.8) is 0 Å². The number of anilines is 2. The number of sulfonamides is 1. The summed E-state index contributed by atoms with van der Waals surface area (Å²) in [5.41, 5.74) is 2.88. The Kier molecular flexibility index (Phi) is 3.89. The van der Waals surface area contributed by atoms with Crippen LogP contribution in [0.25, 0.3) is 0 Å². The number of aromatic nitrogens is 1. The predicted molar refractivity (Wildman–Crippen MR) is 91.7 cm³/mol. The maximum atomic E-state index is 12.3. The first kappa shape index (κ1) is 15.9. The first-order valence-electron chi connectivity index (χ1n) is 7.11. The van der Waals surface area contributed by atoms with Crippen LogP contribution in [0.15, 0.2) is 23.6 Å². The first-order chi connectivity index (χ1) is 10.8. The number of carbonyl (C=O) groups excluding carboxylic acids is 1. The van der Waals surface area contributed by atoms with E-state index in [4.69, 9.17) is 0 Å². The van der Waals surface area contributed by atoms with Gasteiger partial charge >= 0.3 is 0 Å². The molecule has 1 amide bonds. The van der Waals surface area contributed by atoms with Crippen LogP contribution in [0.5, 0.6) is 0 Å². The summed E-state index contributed by atoms with van der Waals surface area (Å²) in [7, 11) is -3.32. The van der Waals surface area contributed by atoms with E-state index in [1.807, 2.05) is 19.2 Å². The first-order valence-corrected chi connectivity index (χ1v) is 9.84. The Morgan fingerprint density at radius 3 is 2.78 bits per heavy atom. The van der Waals surface area contributed by atoms with Crippen LogP contribution in [0.1, 0.15) is 28.5 Å². The van der Waals surface area contributed by atoms with Gasteiger partial charge in [-0.05, 0) is 44.0 Å². The molecule has 1 aromatic carbocycles. The fourth-order valence-corrected chi connectivity index (χ4v) is 4.78. The van der Waals surface area contributed by atoms with Crippen molar-refractivity contribution in [2.75, 3.05) is 15.9 Å². The summed E-state index contributed by atoms with van der Waals surface area (Å²) in [6, 6.07) is 4.96. The lowest BCUT2D eigenvalue weighted by molar-refractivity contribution is 0.102. The maximum Gasteiger partial charge on any atom is 0.257 e. The van der Waals surface area contributed by atoms with Crippen molar-refractivity contribution in [3.8, 4) is 0 Å². The van der Waals surface area contributed by atoms with Gasteiger partial charge in [-0.25, -0.2) is 13.4 Å². The van der Waals surface area contributed by atoms with Gasteiger partial charge in [0.25, 0.3) is 5.91 Å². The van der Waals surface area contributed by atoms with Crippen LogP contribution in [0.4, 0.5) is 10.8 Å². The highest BCUT2D eigenvalue weighted by molar-refractivity contribution is 7.92. The fourth-order valence-electron chi connectivity index (χ4n) is 2.83. The van der Waals surface area contributed by atoms with Gasteiger partial charge in [0.1, 0.15) is 0 Å². The van der Waals surface area contributed by atoms with Gasteiger partial charge in [-0.1, -0.05) is 0 Å². The van der Waals surface area contributed by atoms with Crippen molar-refractivity contribution >= 4 is 38.1 Å². The third kappa shape index (κ3) is 3.09. The number of benzene rings is 1. The lowest BCUT2D eigenvalue weighted by Crippen LogP contribution is -2.34. The minimum Gasteiger partial charge on any atom is -0.298 e. The molecule has 2 aromatic rings. The average Bonchev–Trinajstić information content (AvgIpc) is 2.99. The Morgan fingerprint density at radius 1 is 1.43 bits per heavy atom. The highest BCUT2D eigenvalue weighted by atomic mass is 32.2. The second-order valence-electron chi connectivity index (χ2n) is 5.70. The van der Waals surface area contributed by atoms with E-state index in [9.17, 15) is 13.2 Å². The van der Waals surface area contributed by atoms with E-state index in [1.54, 1.807) is 18.2 Å². The van der Waals surface area contributed by atoms with Gasteiger partial charge in [-0.2, -0.15) is 0 Å². The zero-order chi connectivity index (χ0) is 16.8. The van der Waals surface area contributed by atoms with Gasteiger partial charge in [0.2, 0.25) is 10.0 Å². The lowest BCUT2D eigenvalue weighted by Gasteiger charge is -2.21. The topological polar surface area (TPSA) is 79.4 Å². The molecule has 6 nitrogen and oxygen atoms in total. The molecule has 0 radical (unpaired) electrons. The number of amides is 1. The number of hydrogen-bond donors (Lipinski definition) is 1. The number of rotatable bonds is 3. The van der Waals surface area contributed by atoms with E-state index in [0.717, 1.165) is 11.3 Å². The molecule has 1 atom stereocenters. The van der Waals surface area contributed by atoms with E-state index < -0.39 is 10.0 Å². The molecular weight excluding hydrogens is 334 g/mol. The Labute approximate surface area is 139 Å². The van der Waals surface area contributed by atoms with Crippen LogP contribution in [0.3, 0.4) is 0 Å². The third-order valence-corrected chi connectivity index (χ3v) is 5.84. The Hall–Kier alpha value is -1.93. The number of thiazole rings is 1. The van der Waals surface area contributed by atoms with E-state index in [-0.39, 0.29) is 11.9 Å². The van der Waals surface area contributed by atoms with Crippen molar-refractivity contribution in [1.82, 2.24) is 4.98 Å². The van der Waals surface area contributed by atoms with Crippen LogP contribution in [0, 0.1) is 6.92 Å². The van der Waals surface area contributed by atoms with Crippen molar-refractivity contribution in [1.29, 1.82) is 0 Å². The molecule has 0 spiro atoms. The summed E-state index contributed by atoms with van der Waals surface area (Å²) in [5.74, 6) is -0.243. The summed E-state index contributed by atoms with van der Waals surface area (Å²) >= 11 is 1.37. The molecule has 1 aliphatic heterocycles. The number of aryl methyl sites for hydroxylation is 1. The molecule has 1 N–H and O–H groups in total. The smallest absolute Gasteiger partial charge is 0.257 e. The second-order valence-corrected chi connectivity index (χ2v) is 8.42. The average molecular weight is 351 g/mol. The molecule has 1 unspecified atom stereocenters. The summed E-state index contributed by atoms with van der Waals surface area (Å²) in [6.07, 6.45) is 1.80. The third-order valence-electron chi connectivity index (χ3n) is 3.69. The summed E-state index contributed by atoms with van der Waals surface area (Å²) in [6.45, 7) is 3.72. The summed E-state index contributed by atoms with van der Waals surface area (Å²) in [5, 5.41) is 5.18. The monoisotopic (exact) mass is 351 g/mol. The van der Waals surface area contributed by atoms with Crippen LogP contribution < -0.4 is 9.62 Å². The SMILES string of the molecule is Cc1csc(NC(=O)c2ccc3c(c2)CC(C)N3S(C)(=O)=O)n1. The molecule has 0 saturated heterocycles. The lowest BCUT2D eigenvalue weighted by atomic mass is 10.1. The highest BCUT2D eigenvalue weighted by Gasteiger charge is 2.32. The van der Waals surface area contributed by atoms with Crippen molar-refractivity contribution in [3.05, 3.63) is 40.4 Å². The van der Waals surface area contributed by atoms with Gasteiger partial charge < -0.3 is 0 Å². The molecule has 2 heterocycles. The van der Waals surface area contributed by atoms with Crippen LogP contribution in [-0.2, 0) is 16.4 Å². The Morgan fingerprint density at radius 2 is 2.17 bits per heavy atom. The minimum atomic E-state index is -3.32. The molecule has 0 bridgehead atoms. The van der Waals surface area contributed by atoms with Gasteiger partial charge in [0.05, 0.1) is 17.6 Å². The molecule has 1 aromatic heterocycles. The number of nitrogens with one attached hydrogen (secondary N) is 1. The summed E-state index contributed by atoms with van der Waals surface area (Å²) < 4.78 is 25.2. The molecule has 122 valence electrons. The van der Waals surface area contributed by atoms with E-state index in [1.165, 1.54) is 21.9 Å². The van der Waals surface area contributed by atoms with Gasteiger partial charge in [0, 0.05) is 17.0 Å². The highest BCUT2D eigenvalue weighted by Crippen LogP contribution is 2.34. The zero-order valence-corrected chi connectivity index (χ0v) is 14.7. The van der Waals surface area contributed by atoms with Crippen LogP contribution in [0.2, 0.25) is 0 Å². The molecule has 0 saturated carbocycles. The normalized spacial score (nSPS) is 17.2. The second kappa shape index (κ2) is 5.61. The van der Waals surface area contributed by atoms with Crippen molar-refractivity contribution < 1.29 is 13.2 Å². The molecule has 23 heavy (non-hydrogen) atoms. The molecule has 3 rings (SSSR count). The fraction of sp³-hybridized carbons (Fsp3) is 0.333. The van der Waals surface area contributed by atoms with E-state index >= 15 is 0 Å². The quantitative estimate of drug-likeness (QED) is 0.921.